The van der Waals surface area contributed by atoms with Crippen LogP contribution < -0.4 is 9.80 Å². The van der Waals surface area contributed by atoms with E-state index in [9.17, 15) is 0 Å². The SMILES string of the molecule is CN(C)c1ccc(/C=C/C23OCCN2c2ccccc2C3(C)C)c2ccccc12. The van der Waals surface area contributed by atoms with Gasteiger partial charge in [0.2, 0.25) is 0 Å². The summed E-state index contributed by atoms with van der Waals surface area (Å²) in [4.78, 5) is 4.61. The summed E-state index contributed by atoms with van der Waals surface area (Å²) >= 11 is 0. The summed E-state index contributed by atoms with van der Waals surface area (Å²) < 4.78 is 6.49. The van der Waals surface area contributed by atoms with E-state index in [4.69, 9.17) is 4.74 Å². The summed E-state index contributed by atoms with van der Waals surface area (Å²) in [5.74, 6) is 0. The number of hydrogen-bond acceptors (Lipinski definition) is 3. The quantitative estimate of drug-likeness (QED) is 0.598. The maximum absolute atomic E-state index is 6.49. The van der Waals surface area contributed by atoms with E-state index in [1.165, 1.54) is 33.3 Å². The van der Waals surface area contributed by atoms with Crippen molar-refractivity contribution in [1.82, 2.24) is 0 Å². The summed E-state index contributed by atoms with van der Waals surface area (Å²) in [5, 5.41) is 2.54. The van der Waals surface area contributed by atoms with Crippen LogP contribution in [0.25, 0.3) is 16.8 Å². The monoisotopic (exact) mass is 384 g/mol. The van der Waals surface area contributed by atoms with Crippen molar-refractivity contribution in [3.63, 3.8) is 0 Å². The molecular weight excluding hydrogens is 356 g/mol. The molecule has 3 aromatic rings. The van der Waals surface area contributed by atoms with Gasteiger partial charge in [0.15, 0.2) is 5.72 Å². The minimum absolute atomic E-state index is 0.129. The average Bonchev–Trinajstić information content (AvgIpc) is 3.23. The van der Waals surface area contributed by atoms with E-state index in [2.05, 4.69) is 111 Å². The van der Waals surface area contributed by atoms with Gasteiger partial charge in [0.05, 0.1) is 6.61 Å². The largest absolute Gasteiger partial charge is 0.377 e. The molecule has 1 unspecified atom stereocenters. The van der Waals surface area contributed by atoms with Gasteiger partial charge in [0, 0.05) is 42.8 Å². The van der Waals surface area contributed by atoms with Gasteiger partial charge >= 0.3 is 0 Å². The molecule has 5 rings (SSSR count). The van der Waals surface area contributed by atoms with Gasteiger partial charge in [-0.3, -0.25) is 0 Å². The van der Waals surface area contributed by atoms with Crippen LogP contribution in [0.2, 0.25) is 0 Å². The fraction of sp³-hybridized carbons (Fsp3) is 0.308. The topological polar surface area (TPSA) is 15.7 Å². The van der Waals surface area contributed by atoms with Crippen molar-refractivity contribution >= 4 is 28.2 Å². The Morgan fingerprint density at radius 2 is 1.66 bits per heavy atom. The first-order valence-electron chi connectivity index (χ1n) is 10.4. The van der Waals surface area contributed by atoms with Crippen LogP contribution >= 0.6 is 0 Å². The zero-order chi connectivity index (χ0) is 20.2. The zero-order valence-corrected chi connectivity index (χ0v) is 17.6. The normalized spacial score (nSPS) is 22.3. The molecule has 0 bridgehead atoms. The van der Waals surface area contributed by atoms with Crippen LogP contribution in [0.5, 0.6) is 0 Å². The van der Waals surface area contributed by atoms with Gasteiger partial charge in [0.25, 0.3) is 0 Å². The maximum Gasteiger partial charge on any atom is 0.170 e. The van der Waals surface area contributed by atoms with E-state index >= 15 is 0 Å². The molecule has 3 aromatic carbocycles. The Balaban J connectivity index is 1.63. The second kappa shape index (κ2) is 6.36. The lowest BCUT2D eigenvalue weighted by Gasteiger charge is -2.39. The number of ether oxygens (including phenoxy) is 1. The van der Waals surface area contributed by atoms with Gasteiger partial charge in [-0.15, -0.1) is 0 Å². The van der Waals surface area contributed by atoms with E-state index in [1.54, 1.807) is 0 Å². The lowest BCUT2D eigenvalue weighted by Crippen LogP contribution is -2.51. The first-order valence-corrected chi connectivity index (χ1v) is 10.4. The zero-order valence-electron chi connectivity index (χ0n) is 17.6. The van der Waals surface area contributed by atoms with Gasteiger partial charge in [-0.05, 0) is 34.7 Å². The van der Waals surface area contributed by atoms with Gasteiger partial charge in [-0.25, -0.2) is 0 Å². The summed E-state index contributed by atoms with van der Waals surface area (Å²) in [6.45, 7) is 6.27. The molecule has 0 aromatic heterocycles. The Morgan fingerprint density at radius 3 is 2.45 bits per heavy atom. The molecule has 2 aliphatic rings. The van der Waals surface area contributed by atoms with Crippen LogP contribution in [-0.4, -0.2) is 33.0 Å². The van der Waals surface area contributed by atoms with E-state index in [0.29, 0.717) is 0 Å². The van der Waals surface area contributed by atoms with Crippen LogP contribution in [0.3, 0.4) is 0 Å². The predicted octanol–water partition coefficient (Wildman–Crippen LogP) is 5.44. The minimum atomic E-state index is -0.446. The first-order chi connectivity index (χ1) is 14.0. The highest BCUT2D eigenvalue weighted by molar-refractivity contribution is 5.99. The molecule has 0 saturated carbocycles. The molecule has 1 fully saturated rings. The van der Waals surface area contributed by atoms with Crippen molar-refractivity contribution in [3.8, 4) is 0 Å². The predicted molar refractivity (Wildman–Crippen MR) is 123 cm³/mol. The molecule has 2 aliphatic heterocycles. The molecule has 0 N–H and O–H groups in total. The highest BCUT2D eigenvalue weighted by Crippen LogP contribution is 2.55. The Morgan fingerprint density at radius 1 is 0.931 bits per heavy atom. The molecule has 0 amide bonds. The number of para-hydroxylation sites is 1. The minimum Gasteiger partial charge on any atom is -0.377 e. The highest BCUT2D eigenvalue weighted by atomic mass is 16.5. The third-order valence-corrected chi connectivity index (χ3v) is 6.71. The van der Waals surface area contributed by atoms with Crippen molar-refractivity contribution in [3.05, 3.63) is 77.9 Å². The number of fused-ring (bicyclic) bond motifs is 4. The fourth-order valence-electron chi connectivity index (χ4n) is 5.18. The molecule has 0 aliphatic carbocycles. The average molecular weight is 385 g/mol. The number of anilines is 2. The van der Waals surface area contributed by atoms with Gasteiger partial charge in [-0.1, -0.05) is 68.5 Å². The van der Waals surface area contributed by atoms with Crippen molar-refractivity contribution in [2.24, 2.45) is 0 Å². The number of nitrogens with zero attached hydrogens (tertiary/aromatic N) is 2. The fourth-order valence-corrected chi connectivity index (χ4v) is 5.18. The van der Waals surface area contributed by atoms with Crippen LogP contribution in [0.15, 0.2) is 66.7 Å². The van der Waals surface area contributed by atoms with Crippen LogP contribution in [0.4, 0.5) is 11.4 Å². The lowest BCUT2D eigenvalue weighted by molar-refractivity contribution is 0.000340. The van der Waals surface area contributed by atoms with E-state index in [1.807, 2.05) is 0 Å². The summed E-state index contributed by atoms with van der Waals surface area (Å²) in [7, 11) is 4.19. The van der Waals surface area contributed by atoms with Gasteiger partial charge < -0.3 is 14.5 Å². The summed E-state index contributed by atoms with van der Waals surface area (Å²) in [5.41, 5.74) is 4.55. The third kappa shape index (κ3) is 2.47. The van der Waals surface area contributed by atoms with Crippen molar-refractivity contribution in [2.75, 3.05) is 37.0 Å². The Hall–Kier alpha value is -2.78. The molecule has 0 radical (unpaired) electrons. The van der Waals surface area contributed by atoms with Crippen LogP contribution in [0, 0.1) is 0 Å². The van der Waals surface area contributed by atoms with Crippen molar-refractivity contribution in [2.45, 2.75) is 25.0 Å². The lowest BCUT2D eigenvalue weighted by atomic mass is 9.77. The summed E-state index contributed by atoms with van der Waals surface area (Å²) in [6, 6.07) is 21.8. The number of benzene rings is 3. The van der Waals surface area contributed by atoms with E-state index in [0.717, 1.165) is 13.2 Å². The molecule has 29 heavy (non-hydrogen) atoms. The molecule has 0 spiro atoms. The van der Waals surface area contributed by atoms with Crippen LogP contribution in [0.1, 0.15) is 25.0 Å². The summed E-state index contributed by atoms with van der Waals surface area (Å²) in [6.07, 6.45) is 4.55. The Kier molecular flexibility index (Phi) is 4.01. The highest BCUT2D eigenvalue weighted by Gasteiger charge is 2.58. The van der Waals surface area contributed by atoms with Crippen molar-refractivity contribution < 1.29 is 4.74 Å². The molecule has 2 heterocycles. The molecular formula is C26H28N2O. The van der Waals surface area contributed by atoms with Gasteiger partial charge in [0.1, 0.15) is 0 Å². The van der Waals surface area contributed by atoms with Crippen molar-refractivity contribution in [1.29, 1.82) is 0 Å². The molecule has 148 valence electrons. The number of rotatable bonds is 3. The second-order valence-electron chi connectivity index (χ2n) is 8.79. The number of hydrogen-bond donors (Lipinski definition) is 0. The second-order valence-corrected chi connectivity index (χ2v) is 8.79. The standard InChI is InChI=1S/C26H28N2O/c1-25(2)22-11-7-8-12-24(22)28-17-18-29-26(25,28)16-15-19-13-14-23(27(3)4)21-10-6-5-9-20(19)21/h5-16H,17-18H2,1-4H3/b16-15+. The maximum atomic E-state index is 6.49. The van der Waals surface area contributed by atoms with E-state index < -0.39 is 5.72 Å². The van der Waals surface area contributed by atoms with Gasteiger partial charge in [-0.2, -0.15) is 0 Å². The molecule has 1 saturated heterocycles. The van der Waals surface area contributed by atoms with Crippen LogP contribution in [-0.2, 0) is 10.2 Å². The first kappa shape index (κ1) is 18.3. The molecule has 1 atom stereocenters. The Bertz CT molecular complexity index is 1110. The molecule has 3 nitrogen and oxygen atoms in total. The smallest absolute Gasteiger partial charge is 0.170 e. The van der Waals surface area contributed by atoms with E-state index in [-0.39, 0.29) is 5.41 Å². The molecule has 3 heteroatoms. The third-order valence-electron chi connectivity index (χ3n) is 6.71. The Labute approximate surface area is 173 Å².